The van der Waals surface area contributed by atoms with Crippen LogP contribution in [-0.4, -0.2) is 71.9 Å². The Kier molecular flexibility index (Phi) is 8.50. The smallest absolute Gasteiger partial charge is 0.214 e. The van der Waals surface area contributed by atoms with Crippen LogP contribution in [0, 0.1) is 0 Å². The Morgan fingerprint density at radius 3 is 2.70 bits per heavy atom. The average molecular weight is 440 g/mol. The molecule has 0 aliphatic carbocycles. The topological polar surface area (TPSA) is 105 Å². The van der Waals surface area contributed by atoms with Gasteiger partial charge in [0.1, 0.15) is 11.6 Å². The molecule has 0 unspecified atom stereocenters. The molecule has 9 nitrogen and oxygen atoms in total. The fourth-order valence-electron chi connectivity index (χ4n) is 4.24. The predicted octanol–water partition coefficient (Wildman–Crippen LogP) is 1.31. The van der Waals surface area contributed by atoms with E-state index < -0.39 is 10.0 Å². The lowest BCUT2D eigenvalue weighted by atomic mass is 10.1. The largest absolute Gasteiger partial charge is 0.356 e. The highest BCUT2D eigenvalue weighted by Gasteiger charge is 2.27. The molecule has 0 atom stereocenters. The number of aromatic nitrogens is 3. The summed E-state index contributed by atoms with van der Waals surface area (Å²) < 4.78 is 28.4. The average Bonchev–Trinajstić information content (AvgIpc) is 2.96. The molecule has 1 fully saturated rings. The summed E-state index contributed by atoms with van der Waals surface area (Å²) in [6, 6.07) is 0.247. The monoisotopic (exact) mass is 439 g/mol. The van der Waals surface area contributed by atoms with Crippen LogP contribution in [0.25, 0.3) is 0 Å². The maximum atomic E-state index is 12.2. The van der Waals surface area contributed by atoms with E-state index in [9.17, 15) is 8.42 Å². The van der Waals surface area contributed by atoms with Gasteiger partial charge in [0.2, 0.25) is 10.0 Å². The summed E-state index contributed by atoms with van der Waals surface area (Å²) in [6.07, 6.45) is 8.88. The highest BCUT2D eigenvalue weighted by molar-refractivity contribution is 7.89. The van der Waals surface area contributed by atoms with Gasteiger partial charge in [-0.15, -0.1) is 10.2 Å². The fourth-order valence-corrected chi connectivity index (χ4v) is 5.78. The zero-order valence-electron chi connectivity index (χ0n) is 18.4. The third-order valence-electron chi connectivity index (χ3n) is 5.93. The number of nitrogens with zero attached hydrogens (tertiary/aromatic N) is 5. The molecular formula is C20H37N7O2S. The summed E-state index contributed by atoms with van der Waals surface area (Å²) in [5.74, 6) is 3.26. The minimum Gasteiger partial charge on any atom is -0.356 e. The maximum absolute atomic E-state index is 12.2. The predicted molar refractivity (Wildman–Crippen MR) is 119 cm³/mol. The van der Waals surface area contributed by atoms with Crippen molar-refractivity contribution in [2.24, 2.45) is 4.99 Å². The molecule has 2 aliphatic heterocycles. The van der Waals surface area contributed by atoms with Crippen molar-refractivity contribution in [1.82, 2.24) is 29.7 Å². The molecule has 3 heterocycles. The first-order valence-corrected chi connectivity index (χ1v) is 13.0. The van der Waals surface area contributed by atoms with E-state index in [1.165, 1.54) is 19.3 Å². The zero-order valence-corrected chi connectivity index (χ0v) is 19.3. The second-order valence-electron chi connectivity index (χ2n) is 8.23. The van der Waals surface area contributed by atoms with E-state index in [2.05, 4.69) is 30.4 Å². The fraction of sp³-hybridized carbons (Fsp3) is 0.850. The molecule has 0 radical (unpaired) electrons. The van der Waals surface area contributed by atoms with Gasteiger partial charge < -0.3 is 15.2 Å². The summed E-state index contributed by atoms with van der Waals surface area (Å²) in [6.45, 7) is 4.91. The van der Waals surface area contributed by atoms with Gasteiger partial charge in [-0.2, -0.15) is 0 Å². The van der Waals surface area contributed by atoms with Crippen molar-refractivity contribution in [3.8, 4) is 0 Å². The van der Waals surface area contributed by atoms with Crippen molar-refractivity contribution in [2.75, 3.05) is 32.4 Å². The molecule has 30 heavy (non-hydrogen) atoms. The Morgan fingerprint density at radius 2 is 1.97 bits per heavy atom. The molecule has 170 valence electrons. The molecule has 1 aromatic rings. The van der Waals surface area contributed by atoms with E-state index in [4.69, 9.17) is 0 Å². The molecule has 1 aromatic heterocycles. The first-order valence-electron chi connectivity index (χ1n) is 11.4. The van der Waals surface area contributed by atoms with E-state index in [1.807, 2.05) is 6.92 Å². The molecular weight excluding hydrogens is 402 g/mol. The second kappa shape index (κ2) is 11.1. The lowest BCUT2D eigenvalue weighted by molar-refractivity contribution is 0.306. The van der Waals surface area contributed by atoms with Crippen LogP contribution in [0.2, 0.25) is 0 Å². The number of guanidine groups is 1. The van der Waals surface area contributed by atoms with Gasteiger partial charge in [-0.05, 0) is 38.5 Å². The lowest BCUT2D eigenvalue weighted by Crippen LogP contribution is -2.50. The van der Waals surface area contributed by atoms with Gasteiger partial charge in [-0.3, -0.25) is 4.99 Å². The van der Waals surface area contributed by atoms with E-state index in [-0.39, 0.29) is 11.8 Å². The Hall–Kier alpha value is -1.68. The van der Waals surface area contributed by atoms with Crippen molar-refractivity contribution < 1.29 is 8.42 Å². The Morgan fingerprint density at radius 1 is 1.17 bits per heavy atom. The SMILES string of the molecule is CCCS(=O)(=O)N1CCC(NC(=NC)NCCCc2nnc3n2CCCCC3)CC1. The number of piperidine rings is 1. The summed E-state index contributed by atoms with van der Waals surface area (Å²) in [4.78, 5) is 4.33. The van der Waals surface area contributed by atoms with Gasteiger partial charge in [0.05, 0.1) is 5.75 Å². The van der Waals surface area contributed by atoms with Crippen LogP contribution in [0.1, 0.15) is 63.5 Å². The Labute approximate surface area is 180 Å². The van der Waals surface area contributed by atoms with Crippen LogP contribution in [-0.2, 0) is 29.4 Å². The second-order valence-corrected chi connectivity index (χ2v) is 10.3. The van der Waals surface area contributed by atoms with Crippen LogP contribution in [0.3, 0.4) is 0 Å². The minimum absolute atomic E-state index is 0.240. The normalized spacial score (nSPS) is 19.3. The van der Waals surface area contributed by atoms with Crippen molar-refractivity contribution in [1.29, 1.82) is 0 Å². The summed E-state index contributed by atoms with van der Waals surface area (Å²) >= 11 is 0. The van der Waals surface area contributed by atoms with Crippen LogP contribution >= 0.6 is 0 Å². The molecule has 10 heteroatoms. The molecule has 0 saturated carbocycles. The van der Waals surface area contributed by atoms with E-state index in [1.54, 1.807) is 11.4 Å². The molecule has 0 spiro atoms. The quantitative estimate of drug-likeness (QED) is 0.359. The Bertz CT molecular complexity index is 798. The van der Waals surface area contributed by atoms with Crippen LogP contribution in [0.4, 0.5) is 0 Å². The Balaban J connectivity index is 1.38. The third-order valence-corrected chi connectivity index (χ3v) is 8.01. The van der Waals surface area contributed by atoms with Crippen LogP contribution < -0.4 is 10.6 Å². The van der Waals surface area contributed by atoms with Crippen LogP contribution in [0.5, 0.6) is 0 Å². The zero-order chi connectivity index (χ0) is 21.4. The molecule has 0 bridgehead atoms. The van der Waals surface area contributed by atoms with E-state index in [0.717, 1.165) is 62.8 Å². The van der Waals surface area contributed by atoms with Gasteiger partial charge in [-0.25, -0.2) is 12.7 Å². The summed E-state index contributed by atoms with van der Waals surface area (Å²) in [5, 5.41) is 15.6. The molecule has 0 amide bonds. The molecule has 0 aromatic carbocycles. The minimum atomic E-state index is -3.09. The van der Waals surface area contributed by atoms with Crippen molar-refractivity contribution >= 4 is 16.0 Å². The number of nitrogens with one attached hydrogen (secondary N) is 2. The summed E-state index contributed by atoms with van der Waals surface area (Å²) in [5.41, 5.74) is 0. The van der Waals surface area contributed by atoms with E-state index >= 15 is 0 Å². The standard InChI is InChI=1S/C20H37N7O2S/c1-3-16-30(28,29)26-14-10-17(11-15-26)23-20(21-2)22-12-7-9-19-25-24-18-8-5-4-6-13-27(18)19/h17H,3-16H2,1-2H3,(H2,21,22,23). The van der Waals surface area contributed by atoms with Crippen molar-refractivity contribution in [3.05, 3.63) is 11.6 Å². The third kappa shape index (κ3) is 6.16. The first-order chi connectivity index (χ1) is 14.5. The summed E-state index contributed by atoms with van der Waals surface area (Å²) in [7, 11) is -1.32. The first kappa shape index (κ1) is 23.0. The van der Waals surface area contributed by atoms with Gasteiger partial charge in [0.15, 0.2) is 5.96 Å². The number of fused-ring (bicyclic) bond motifs is 1. The number of hydrogen-bond donors (Lipinski definition) is 2. The molecule has 2 N–H and O–H groups in total. The number of aliphatic imine (C=N–C) groups is 1. The van der Waals surface area contributed by atoms with Gasteiger partial charge in [0.25, 0.3) is 0 Å². The lowest BCUT2D eigenvalue weighted by Gasteiger charge is -2.32. The maximum Gasteiger partial charge on any atom is 0.214 e. The van der Waals surface area contributed by atoms with Gasteiger partial charge in [-0.1, -0.05) is 13.3 Å². The molecule has 3 rings (SSSR count). The number of sulfonamides is 1. The molecule has 1 saturated heterocycles. The highest BCUT2D eigenvalue weighted by Crippen LogP contribution is 2.16. The van der Waals surface area contributed by atoms with E-state index in [0.29, 0.717) is 19.5 Å². The van der Waals surface area contributed by atoms with Crippen molar-refractivity contribution in [3.63, 3.8) is 0 Å². The number of rotatable bonds is 8. The van der Waals surface area contributed by atoms with Gasteiger partial charge >= 0.3 is 0 Å². The highest BCUT2D eigenvalue weighted by atomic mass is 32.2. The van der Waals surface area contributed by atoms with Gasteiger partial charge in [0, 0.05) is 52.1 Å². The van der Waals surface area contributed by atoms with Crippen molar-refractivity contribution in [2.45, 2.75) is 77.3 Å². The van der Waals surface area contributed by atoms with Crippen LogP contribution in [0.15, 0.2) is 4.99 Å². The number of hydrogen-bond acceptors (Lipinski definition) is 5. The number of aryl methyl sites for hydroxylation is 2. The molecule has 2 aliphatic rings.